The van der Waals surface area contributed by atoms with E-state index in [4.69, 9.17) is 5.84 Å². The molecule has 7 heteroatoms. The van der Waals surface area contributed by atoms with Crippen molar-refractivity contribution in [2.45, 2.75) is 57.7 Å². The molecular weight excluding hydrogens is 257 g/mol. The van der Waals surface area contributed by atoms with Gasteiger partial charge in [0.25, 0.3) is 0 Å². The van der Waals surface area contributed by atoms with Crippen molar-refractivity contribution in [3.8, 4) is 0 Å². The largest absolute Gasteiger partial charge is 0.406 e. The van der Waals surface area contributed by atoms with Crippen LogP contribution in [0.1, 0.15) is 45.4 Å². The Kier molecular flexibility index (Phi) is 6.41. The van der Waals surface area contributed by atoms with E-state index < -0.39 is 12.7 Å². The molecule has 1 rings (SSSR count). The fourth-order valence-corrected chi connectivity index (χ4v) is 2.34. The number of hydrogen-bond acceptors (Lipinski definition) is 2. The van der Waals surface area contributed by atoms with Crippen LogP contribution in [-0.2, 0) is 0 Å². The zero-order valence-electron chi connectivity index (χ0n) is 11.3. The first-order valence-corrected chi connectivity index (χ1v) is 6.82. The lowest BCUT2D eigenvalue weighted by Crippen LogP contribution is -2.49. The summed E-state index contributed by atoms with van der Waals surface area (Å²) in [6, 6.07) is 0.0902. The summed E-state index contributed by atoms with van der Waals surface area (Å²) in [4.78, 5) is 5.54. The van der Waals surface area contributed by atoms with E-state index in [-0.39, 0.29) is 18.5 Å². The standard InChI is InChI=1S/C12H23F3N4/c1-2-8-19(9-12(13,14)15)11(18-16)17-10-6-4-3-5-7-10/h10H,2-9,16H2,1H3,(H,17,18). The SMILES string of the molecule is CCCN(CC(F)(F)F)C(=NC1CCCCC1)NN. The molecule has 0 bridgehead atoms. The van der Waals surface area contributed by atoms with E-state index in [0.717, 1.165) is 25.7 Å². The molecule has 4 nitrogen and oxygen atoms in total. The molecule has 0 atom stereocenters. The Hall–Kier alpha value is -0.980. The van der Waals surface area contributed by atoms with Crippen LogP contribution in [0, 0.1) is 0 Å². The molecule has 1 saturated carbocycles. The van der Waals surface area contributed by atoms with Gasteiger partial charge in [-0.25, -0.2) is 10.8 Å². The lowest BCUT2D eigenvalue weighted by Gasteiger charge is -2.28. The number of nitrogens with zero attached hydrogens (tertiary/aromatic N) is 2. The van der Waals surface area contributed by atoms with Crippen LogP contribution in [0.3, 0.4) is 0 Å². The highest BCUT2D eigenvalue weighted by atomic mass is 19.4. The monoisotopic (exact) mass is 280 g/mol. The molecule has 0 radical (unpaired) electrons. The molecule has 0 aromatic heterocycles. The zero-order valence-corrected chi connectivity index (χ0v) is 11.3. The van der Waals surface area contributed by atoms with Gasteiger partial charge in [-0.3, -0.25) is 5.43 Å². The van der Waals surface area contributed by atoms with Crippen LogP contribution >= 0.6 is 0 Å². The quantitative estimate of drug-likeness (QED) is 0.360. The topological polar surface area (TPSA) is 53.6 Å². The maximum atomic E-state index is 12.5. The van der Waals surface area contributed by atoms with E-state index in [1.165, 1.54) is 11.3 Å². The normalized spacial score (nSPS) is 18.5. The first-order chi connectivity index (χ1) is 8.96. The van der Waals surface area contributed by atoms with Crippen molar-refractivity contribution in [1.82, 2.24) is 10.3 Å². The van der Waals surface area contributed by atoms with Gasteiger partial charge in [0.05, 0.1) is 6.04 Å². The average molecular weight is 280 g/mol. The second kappa shape index (κ2) is 7.57. The van der Waals surface area contributed by atoms with E-state index in [0.29, 0.717) is 6.42 Å². The number of halogens is 3. The molecule has 112 valence electrons. The Morgan fingerprint density at radius 1 is 1.32 bits per heavy atom. The van der Waals surface area contributed by atoms with Crippen molar-refractivity contribution in [2.75, 3.05) is 13.1 Å². The van der Waals surface area contributed by atoms with Crippen LogP contribution in [0.15, 0.2) is 4.99 Å². The van der Waals surface area contributed by atoms with Crippen molar-refractivity contribution in [2.24, 2.45) is 10.8 Å². The minimum Gasteiger partial charge on any atom is -0.333 e. The van der Waals surface area contributed by atoms with Crippen LogP contribution in [0.2, 0.25) is 0 Å². The van der Waals surface area contributed by atoms with Crippen molar-refractivity contribution < 1.29 is 13.2 Å². The van der Waals surface area contributed by atoms with Gasteiger partial charge < -0.3 is 4.90 Å². The summed E-state index contributed by atoms with van der Waals surface area (Å²) in [6.07, 6.45) is 1.56. The molecule has 0 spiro atoms. The Balaban J connectivity index is 2.73. The van der Waals surface area contributed by atoms with Crippen LogP contribution in [0.4, 0.5) is 13.2 Å². The molecule has 1 fully saturated rings. The molecular formula is C12H23F3N4. The molecule has 0 aliphatic heterocycles. The summed E-state index contributed by atoms with van der Waals surface area (Å²) in [5, 5.41) is 0. The van der Waals surface area contributed by atoms with E-state index >= 15 is 0 Å². The molecule has 0 heterocycles. The fraction of sp³-hybridized carbons (Fsp3) is 0.917. The number of rotatable bonds is 4. The molecule has 0 saturated heterocycles. The minimum absolute atomic E-state index is 0.0902. The van der Waals surface area contributed by atoms with E-state index in [9.17, 15) is 13.2 Å². The van der Waals surface area contributed by atoms with Gasteiger partial charge in [0.1, 0.15) is 6.54 Å². The number of nitrogens with two attached hydrogens (primary N) is 1. The number of hydrogen-bond donors (Lipinski definition) is 2. The summed E-state index contributed by atoms with van der Waals surface area (Å²) in [5.74, 6) is 5.51. The maximum Gasteiger partial charge on any atom is 0.406 e. The van der Waals surface area contributed by atoms with Crippen molar-refractivity contribution in [3.63, 3.8) is 0 Å². The van der Waals surface area contributed by atoms with Crippen LogP contribution in [-0.4, -0.2) is 36.2 Å². The average Bonchev–Trinajstić information content (AvgIpc) is 2.35. The smallest absolute Gasteiger partial charge is 0.333 e. The molecule has 19 heavy (non-hydrogen) atoms. The molecule has 0 aromatic carbocycles. The number of guanidine groups is 1. The van der Waals surface area contributed by atoms with Gasteiger partial charge in [-0.1, -0.05) is 26.2 Å². The summed E-state index contributed by atoms with van der Waals surface area (Å²) in [5.41, 5.74) is 2.33. The molecule has 0 amide bonds. The van der Waals surface area contributed by atoms with E-state index in [1.807, 2.05) is 6.92 Å². The predicted molar refractivity (Wildman–Crippen MR) is 69.6 cm³/mol. The van der Waals surface area contributed by atoms with Crippen LogP contribution in [0.5, 0.6) is 0 Å². The number of alkyl halides is 3. The van der Waals surface area contributed by atoms with Crippen molar-refractivity contribution in [3.05, 3.63) is 0 Å². The van der Waals surface area contributed by atoms with Crippen molar-refractivity contribution >= 4 is 5.96 Å². The summed E-state index contributed by atoms with van der Waals surface area (Å²) >= 11 is 0. The van der Waals surface area contributed by atoms with Gasteiger partial charge in [-0.15, -0.1) is 0 Å². The van der Waals surface area contributed by atoms with Gasteiger partial charge in [-0.2, -0.15) is 13.2 Å². The molecule has 1 aliphatic carbocycles. The van der Waals surface area contributed by atoms with Crippen LogP contribution < -0.4 is 11.3 Å². The third-order valence-electron chi connectivity index (χ3n) is 3.17. The first kappa shape index (κ1) is 16.1. The molecule has 3 N–H and O–H groups in total. The van der Waals surface area contributed by atoms with E-state index in [2.05, 4.69) is 10.4 Å². The third-order valence-corrected chi connectivity index (χ3v) is 3.17. The van der Waals surface area contributed by atoms with Gasteiger partial charge in [0.2, 0.25) is 5.96 Å². The van der Waals surface area contributed by atoms with Crippen LogP contribution in [0.25, 0.3) is 0 Å². The summed E-state index contributed by atoms with van der Waals surface area (Å²) < 4.78 is 37.6. The lowest BCUT2D eigenvalue weighted by molar-refractivity contribution is -0.138. The van der Waals surface area contributed by atoms with Crippen molar-refractivity contribution in [1.29, 1.82) is 0 Å². The second-order valence-electron chi connectivity index (χ2n) is 4.93. The minimum atomic E-state index is -4.25. The number of nitrogens with one attached hydrogen (secondary N) is 1. The number of aliphatic imine (C=N–C) groups is 1. The lowest BCUT2D eigenvalue weighted by atomic mass is 9.96. The molecule has 0 aromatic rings. The van der Waals surface area contributed by atoms with Gasteiger partial charge >= 0.3 is 6.18 Å². The molecule has 0 unspecified atom stereocenters. The van der Waals surface area contributed by atoms with Gasteiger partial charge in [-0.05, 0) is 19.3 Å². The highest BCUT2D eigenvalue weighted by molar-refractivity contribution is 5.79. The summed E-state index contributed by atoms with van der Waals surface area (Å²) in [6.45, 7) is 1.10. The first-order valence-electron chi connectivity index (χ1n) is 6.82. The predicted octanol–water partition coefficient (Wildman–Crippen LogP) is 2.41. The number of hydrazine groups is 1. The summed E-state index contributed by atoms with van der Waals surface area (Å²) in [7, 11) is 0. The fourth-order valence-electron chi connectivity index (χ4n) is 2.34. The van der Waals surface area contributed by atoms with E-state index in [1.54, 1.807) is 0 Å². The van der Waals surface area contributed by atoms with Gasteiger partial charge in [0, 0.05) is 6.54 Å². The highest BCUT2D eigenvalue weighted by Gasteiger charge is 2.32. The Morgan fingerprint density at radius 2 is 1.95 bits per heavy atom. The highest BCUT2D eigenvalue weighted by Crippen LogP contribution is 2.21. The maximum absolute atomic E-state index is 12.5. The molecule has 1 aliphatic rings. The Morgan fingerprint density at radius 3 is 2.42 bits per heavy atom. The van der Waals surface area contributed by atoms with Gasteiger partial charge in [0.15, 0.2) is 0 Å². The Labute approximate surface area is 112 Å². The second-order valence-corrected chi connectivity index (χ2v) is 4.93. The zero-order chi connectivity index (χ0) is 14.3. The third kappa shape index (κ3) is 6.13. The Bertz CT molecular complexity index is 285.